The fourth-order valence-corrected chi connectivity index (χ4v) is 2.01. The third-order valence-electron chi connectivity index (χ3n) is 3.22. The molecule has 0 spiro atoms. The summed E-state index contributed by atoms with van der Waals surface area (Å²) < 4.78 is 0. The number of carbonyl (C=O) groups is 1. The molecule has 22 heavy (non-hydrogen) atoms. The highest BCUT2D eigenvalue weighted by molar-refractivity contribution is 5.81. The molecule has 0 aliphatic heterocycles. The standard InChI is InChI=1S/C17H28N4O/c1-3-12-19-16(22)11-14-21-17(18-2)20-13-7-10-15-8-5-4-6-9-15/h4-6,8-9H,3,7,10-14H2,1-2H3,(H,19,22)(H2,18,20,21). The van der Waals surface area contributed by atoms with E-state index >= 15 is 0 Å². The normalized spacial score (nSPS) is 11.1. The van der Waals surface area contributed by atoms with E-state index < -0.39 is 0 Å². The maximum atomic E-state index is 11.5. The van der Waals surface area contributed by atoms with Crippen molar-refractivity contribution in [2.45, 2.75) is 32.6 Å². The van der Waals surface area contributed by atoms with Crippen LogP contribution in [0.2, 0.25) is 0 Å². The molecule has 0 aliphatic carbocycles. The molecule has 1 aromatic rings. The second kappa shape index (κ2) is 11.6. The van der Waals surface area contributed by atoms with Gasteiger partial charge in [0.05, 0.1) is 0 Å². The van der Waals surface area contributed by atoms with Crippen molar-refractivity contribution in [2.24, 2.45) is 4.99 Å². The van der Waals surface area contributed by atoms with Crippen molar-refractivity contribution >= 4 is 11.9 Å². The molecule has 5 heteroatoms. The first kappa shape index (κ1) is 18.0. The van der Waals surface area contributed by atoms with Gasteiger partial charge >= 0.3 is 0 Å². The van der Waals surface area contributed by atoms with E-state index in [1.807, 2.05) is 13.0 Å². The number of aliphatic imine (C=N–C) groups is 1. The first-order valence-electron chi connectivity index (χ1n) is 8.01. The summed E-state index contributed by atoms with van der Waals surface area (Å²) in [5.74, 6) is 0.824. The number of hydrogen-bond donors (Lipinski definition) is 3. The molecule has 1 amide bonds. The van der Waals surface area contributed by atoms with Crippen LogP contribution in [0.3, 0.4) is 0 Å². The number of carbonyl (C=O) groups excluding carboxylic acids is 1. The van der Waals surface area contributed by atoms with Crippen molar-refractivity contribution < 1.29 is 4.79 Å². The van der Waals surface area contributed by atoms with Crippen molar-refractivity contribution in [3.05, 3.63) is 35.9 Å². The zero-order chi connectivity index (χ0) is 16.0. The molecule has 0 saturated heterocycles. The molecule has 0 atom stereocenters. The number of hydrogen-bond acceptors (Lipinski definition) is 2. The van der Waals surface area contributed by atoms with Crippen LogP contribution in [-0.2, 0) is 11.2 Å². The van der Waals surface area contributed by atoms with Gasteiger partial charge in [0, 0.05) is 33.1 Å². The number of benzene rings is 1. The molecule has 0 bridgehead atoms. The summed E-state index contributed by atoms with van der Waals surface area (Å²) in [6.45, 7) is 4.23. The lowest BCUT2D eigenvalue weighted by Crippen LogP contribution is -2.39. The predicted octanol–water partition coefficient (Wildman–Crippen LogP) is 1.70. The van der Waals surface area contributed by atoms with Crippen molar-refractivity contribution in [2.75, 3.05) is 26.7 Å². The van der Waals surface area contributed by atoms with E-state index in [4.69, 9.17) is 0 Å². The van der Waals surface area contributed by atoms with Gasteiger partial charge in [0.1, 0.15) is 0 Å². The number of rotatable bonds is 9. The van der Waals surface area contributed by atoms with Gasteiger partial charge in [-0.25, -0.2) is 0 Å². The number of aryl methyl sites for hydroxylation is 1. The highest BCUT2D eigenvalue weighted by atomic mass is 16.1. The first-order chi connectivity index (χ1) is 10.8. The Hall–Kier alpha value is -2.04. The molecule has 0 saturated carbocycles. The Kier molecular flexibility index (Phi) is 9.50. The van der Waals surface area contributed by atoms with E-state index in [-0.39, 0.29) is 5.91 Å². The minimum atomic E-state index is 0.0777. The molecule has 0 unspecified atom stereocenters. The summed E-state index contributed by atoms with van der Waals surface area (Å²) in [5.41, 5.74) is 1.35. The number of amides is 1. The van der Waals surface area contributed by atoms with E-state index in [1.54, 1.807) is 7.05 Å². The summed E-state index contributed by atoms with van der Waals surface area (Å²) in [5, 5.41) is 9.27. The second-order valence-electron chi connectivity index (χ2n) is 5.11. The maximum Gasteiger partial charge on any atom is 0.221 e. The number of guanidine groups is 1. The van der Waals surface area contributed by atoms with E-state index in [9.17, 15) is 4.79 Å². The maximum absolute atomic E-state index is 11.5. The van der Waals surface area contributed by atoms with Crippen LogP contribution >= 0.6 is 0 Å². The van der Waals surface area contributed by atoms with Crippen LogP contribution in [0, 0.1) is 0 Å². The van der Waals surface area contributed by atoms with Crippen molar-refractivity contribution in [3.8, 4) is 0 Å². The lowest BCUT2D eigenvalue weighted by atomic mass is 10.1. The van der Waals surface area contributed by atoms with Gasteiger partial charge in [0.15, 0.2) is 5.96 Å². The molecule has 122 valence electrons. The van der Waals surface area contributed by atoms with Crippen LogP contribution in [0.25, 0.3) is 0 Å². The Labute approximate surface area is 133 Å². The van der Waals surface area contributed by atoms with Crippen molar-refractivity contribution in [3.63, 3.8) is 0 Å². The number of nitrogens with one attached hydrogen (secondary N) is 3. The Bertz CT molecular complexity index is 445. The summed E-state index contributed by atoms with van der Waals surface area (Å²) >= 11 is 0. The molecular formula is C17H28N4O. The average Bonchev–Trinajstić information content (AvgIpc) is 2.56. The molecule has 0 fully saturated rings. The predicted molar refractivity (Wildman–Crippen MR) is 92.0 cm³/mol. The summed E-state index contributed by atoms with van der Waals surface area (Å²) in [4.78, 5) is 15.6. The Morgan fingerprint density at radius 2 is 1.77 bits per heavy atom. The average molecular weight is 304 g/mol. The molecule has 0 aliphatic rings. The quantitative estimate of drug-likeness (QED) is 0.370. The molecule has 1 rings (SSSR count). The Morgan fingerprint density at radius 1 is 1.05 bits per heavy atom. The molecule has 5 nitrogen and oxygen atoms in total. The van der Waals surface area contributed by atoms with Crippen molar-refractivity contribution in [1.29, 1.82) is 0 Å². The fraction of sp³-hybridized carbons (Fsp3) is 0.529. The van der Waals surface area contributed by atoms with Crippen LogP contribution in [0.5, 0.6) is 0 Å². The minimum absolute atomic E-state index is 0.0777. The Balaban J connectivity index is 2.11. The number of nitrogens with zero attached hydrogens (tertiary/aromatic N) is 1. The van der Waals surface area contributed by atoms with Gasteiger partial charge in [-0.1, -0.05) is 37.3 Å². The zero-order valence-electron chi connectivity index (χ0n) is 13.7. The van der Waals surface area contributed by atoms with Crippen LogP contribution < -0.4 is 16.0 Å². The van der Waals surface area contributed by atoms with E-state index in [0.717, 1.165) is 38.3 Å². The van der Waals surface area contributed by atoms with Gasteiger partial charge in [0.25, 0.3) is 0 Å². The molecule has 0 radical (unpaired) electrons. The van der Waals surface area contributed by atoms with Gasteiger partial charge < -0.3 is 16.0 Å². The third kappa shape index (κ3) is 8.29. The monoisotopic (exact) mass is 304 g/mol. The molecular weight excluding hydrogens is 276 g/mol. The summed E-state index contributed by atoms with van der Waals surface area (Å²) in [7, 11) is 1.74. The Morgan fingerprint density at radius 3 is 2.45 bits per heavy atom. The van der Waals surface area contributed by atoms with E-state index in [2.05, 4.69) is 45.2 Å². The smallest absolute Gasteiger partial charge is 0.221 e. The lowest BCUT2D eigenvalue weighted by Gasteiger charge is -2.11. The zero-order valence-corrected chi connectivity index (χ0v) is 13.7. The van der Waals surface area contributed by atoms with Crippen LogP contribution in [0.1, 0.15) is 31.7 Å². The van der Waals surface area contributed by atoms with Crippen molar-refractivity contribution in [1.82, 2.24) is 16.0 Å². The van der Waals surface area contributed by atoms with Crippen LogP contribution in [0.4, 0.5) is 0 Å². The fourth-order valence-electron chi connectivity index (χ4n) is 2.01. The van der Waals surface area contributed by atoms with Crippen LogP contribution in [0.15, 0.2) is 35.3 Å². The first-order valence-corrected chi connectivity index (χ1v) is 8.01. The molecule has 0 heterocycles. The van der Waals surface area contributed by atoms with Crippen LogP contribution in [-0.4, -0.2) is 38.5 Å². The molecule has 1 aromatic carbocycles. The summed E-state index contributed by atoms with van der Waals surface area (Å²) in [6, 6.07) is 10.4. The second-order valence-corrected chi connectivity index (χ2v) is 5.11. The topological polar surface area (TPSA) is 65.5 Å². The lowest BCUT2D eigenvalue weighted by molar-refractivity contribution is -0.120. The third-order valence-corrected chi connectivity index (χ3v) is 3.22. The van der Waals surface area contributed by atoms with Gasteiger partial charge in [0.2, 0.25) is 5.91 Å². The summed E-state index contributed by atoms with van der Waals surface area (Å²) in [6.07, 6.45) is 3.51. The van der Waals surface area contributed by atoms with Gasteiger partial charge in [-0.15, -0.1) is 0 Å². The van der Waals surface area contributed by atoms with Gasteiger partial charge in [-0.05, 0) is 24.8 Å². The van der Waals surface area contributed by atoms with E-state index in [0.29, 0.717) is 13.0 Å². The SMILES string of the molecule is CCCNC(=O)CCNC(=NC)NCCCc1ccccc1. The van der Waals surface area contributed by atoms with E-state index in [1.165, 1.54) is 5.56 Å². The highest BCUT2D eigenvalue weighted by Crippen LogP contribution is 2.01. The minimum Gasteiger partial charge on any atom is -0.356 e. The largest absolute Gasteiger partial charge is 0.356 e. The van der Waals surface area contributed by atoms with Gasteiger partial charge in [-0.2, -0.15) is 0 Å². The molecule has 3 N–H and O–H groups in total. The molecule has 0 aromatic heterocycles. The van der Waals surface area contributed by atoms with Gasteiger partial charge in [-0.3, -0.25) is 9.79 Å². The highest BCUT2D eigenvalue weighted by Gasteiger charge is 2.01.